The molecule has 14 nitrogen and oxygen atoms in total. The summed E-state index contributed by atoms with van der Waals surface area (Å²) >= 11 is 0. The van der Waals surface area contributed by atoms with Crippen molar-refractivity contribution in [3.8, 4) is 0 Å². The van der Waals surface area contributed by atoms with Gasteiger partial charge in [-0.3, -0.25) is 0 Å². The van der Waals surface area contributed by atoms with Crippen molar-refractivity contribution in [3.05, 3.63) is 0 Å². The molecule has 2 N–H and O–H groups in total. The normalized spacial score (nSPS) is 11.7. The van der Waals surface area contributed by atoms with Gasteiger partial charge in [-0.05, 0) is 13.0 Å². The molecular formula is C44H91NO13. The van der Waals surface area contributed by atoms with Gasteiger partial charge in [0.15, 0.2) is 0 Å². The van der Waals surface area contributed by atoms with Crippen LogP contribution in [0.25, 0.3) is 0 Å². The van der Waals surface area contributed by atoms with Gasteiger partial charge in [-0.25, -0.2) is 0 Å². The minimum absolute atomic E-state index is 0.0264. The summed E-state index contributed by atoms with van der Waals surface area (Å²) < 4.78 is 65.6. The molecule has 0 saturated carbocycles. The van der Waals surface area contributed by atoms with Crippen LogP contribution in [0.3, 0.4) is 0 Å². The second-order valence-corrected chi connectivity index (χ2v) is 14.1. The maximum atomic E-state index is 8.60. The SMILES string of the molecule is CCCCCCCCCCCCCCCCCCNCCOCCOCCOCCOCCOCCOCCOCCOCCOCCOCCOCCOCCO. The Morgan fingerprint density at radius 2 is 0.448 bits per heavy atom. The highest BCUT2D eigenvalue weighted by atomic mass is 16.6. The third-order valence-electron chi connectivity index (χ3n) is 8.96. The molecule has 0 fully saturated rings. The van der Waals surface area contributed by atoms with Gasteiger partial charge in [0.25, 0.3) is 0 Å². The summed E-state index contributed by atoms with van der Waals surface area (Å²) in [5.41, 5.74) is 0. The number of unbranched alkanes of at least 4 members (excludes halogenated alkanes) is 15. The first-order chi connectivity index (χ1) is 28.9. The van der Waals surface area contributed by atoms with Crippen molar-refractivity contribution in [2.24, 2.45) is 0 Å². The van der Waals surface area contributed by atoms with E-state index in [2.05, 4.69) is 12.2 Å². The summed E-state index contributed by atoms with van der Waals surface area (Å²) in [5.74, 6) is 0. The topological polar surface area (TPSA) is 143 Å². The summed E-state index contributed by atoms with van der Waals surface area (Å²) in [4.78, 5) is 0. The van der Waals surface area contributed by atoms with E-state index in [1.165, 1.54) is 103 Å². The van der Waals surface area contributed by atoms with E-state index in [-0.39, 0.29) is 6.61 Å². The quantitative estimate of drug-likeness (QED) is 0.0689. The van der Waals surface area contributed by atoms with Crippen molar-refractivity contribution in [2.75, 3.05) is 178 Å². The van der Waals surface area contributed by atoms with Crippen LogP contribution in [0.4, 0.5) is 0 Å². The average molecular weight is 842 g/mol. The Morgan fingerprint density at radius 1 is 0.241 bits per heavy atom. The molecule has 0 amide bonds. The summed E-state index contributed by atoms with van der Waals surface area (Å²) in [7, 11) is 0. The molecule has 0 saturated heterocycles. The number of aliphatic hydroxyl groups excluding tert-OH is 1. The van der Waals surface area contributed by atoms with Crippen LogP contribution in [0, 0.1) is 0 Å². The maximum Gasteiger partial charge on any atom is 0.0701 e. The predicted octanol–water partition coefficient (Wildman–Crippen LogP) is 6.03. The Bertz CT molecular complexity index is 646. The second-order valence-electron chi connectivity index (χ2n) is 14.1. The van der Waals surface area contributed by atoms with E-state index in [1.807, 2.05) is 0 Å². The molecule has 14 heteroatoms. The molecule has 0 aromatic carbocycles. The molecule has 350 valence electrons. The molecule has 0 heterocycles. The summed E-state index contributed by atoms with van der Waals surface area (Å²) in [6, 6.07) is 0. The zero-order valence-electron chi connectivity index (χ0n) is 37.3. The molecule has 0 aliphatic heterocycles. The van der Waals surface area contributed by atoms with Crippen LogP contribution >= 0.6 is 0 Å². The molecule has 0 unspecified atom stereocenters. The van der Waals surface area contributed by atoms with Crippen LogP contribution in [0.15, 0.2) is 0 Å². The Hall–Kier alpha value is -0.560. The molecule has 0 aromatic heterocycles. The lowest BCUT2D eigenvalue weighted by molar-refractivity contribution is -0.0285. The Balaban J connectivity index is 3.05. The number of nitrogens with one attached hydrogen (secondary N) is 1. The minimum atomic E-state index is 0.0264. The molecule has 0 aliphatic rings. The van der Waals surface area contributed by atoms with Crippen LogP contribution in [0.2, 0.25) is 0 Å². The van der Waals surface area contributed by atoms with Gasteiger partial charge in [0.2, 0.25) is 0 Å². The second kappa shape index (κ2) is 56.4. The van der Waals surface area contributed by atoms with E-state index in [1.54, 1.807) is 0 Å². The third kappa shape index (κ3) is 55.4. The Morgan fingerprint density at radius 3 is 0.690 bits per heavy atom. The third-order valence-corrected chi connectivity index (χ3v) is 8.96. The van der Waals surface area contributed by atoms with Crippen molar-refractivity contribution in [1.29, 1.82) is 0 Å². The van der Waals surface area contributed by atoms with Gasteiger partial charge in [0.05, 0.1) is 165 Å². The fraction of sp³-hybridized carbons (Fsp3) is 1.00. The maximum absolute atomic E-state index is 8.60. The molecule has 0 rings (SSSR count). The van der Waals surface area contributed by atoms with Crippen molar-refractivity contribution < 1.29 is 61.9 Å². The zero-order valence-corrected chi connectivity index (χ0v) is 37.3. The van der Waals surface area contributed by atoms with Gasteiger partial charge >= 0.3 is 0 Å². The fourth-order valence-corrected chi connectivity index (χ4v) is 5.65. The van der Waals surface area contributed by atoms with E-state index >= 15 is 0 Å². The van der Waals surface area contributed by atoms with Gasteiger partial charge in [-0.1, -0.05) is 103 Å². The van der Waals surface area contributed by atoms with Crippen molar-refractivity contribution >= 4 is 0 Å². The van der Waals surface area contributed by atoms with E-state index in [0.29, 0.717) is 152 Å². The molecule has 0 bridgehead atoms. The van der Waals surface area contributed by atoms with Crippen molar-refractivity contribution in [1.82, 2.24) is 5.32 Å². The monoisotopic (exact) mass is 842 g/mol. The standard InChI is InChI=1S/C44H91NO13/c1-2-3-4-5-6-7-8-9-10-11-12-13-14-15-16-17-18-45-19-21-47-23-25-49-27-29-51-31-33-53-35-37-55-39-41-57-43-44-58-42-40-56-38-36-54-34-32-52-30-28-50-26-24-48-22-20-46/h45-46H,2-44H2,1H3. The molecule has 0 aromatic rings. The van der Waals surface area contributed by atoms with Gasteiger partial charge < -0.3 is 67.3 Å². The van der Waals surface area contributed by atoms with E-state index < -0.39 is 0 Å². The molecule has 0 aliphatic carbocycles. The van der Waals surface area contributed by atoms with E-state index in [4.69, 9.17) is 61.9 Å². The van der Waals surface area contributed by atoms with Crippen LogP contribution in [0.1, 0.15) is 110 Å². The average Bonchev–Trinajstić information content (AvgIpc) is 3.23. The molecule has 0 spiro atoms. The summed E-state index contributed by atoms with van der Waals surface area (Å²) in [6.45, 7) is 16.8. The molecule has 0 radical (unpaired) electrons. The Labute approximate surface area is 354 Å². The van der Waals surface area contributed by atoms with Crippen LogP contribution in [0.5, 0.6) is 0 Å². The van der Waals surface area contributed by atoms with Crippen molar-refractivity contribution in [3.63, 3.8) is 0 Å². The number of ether oxygens (including phenoxy) is 12. The first-order valence-corrected chi connectivity index (χ1v) is 23.2. The first kappa shape index (κ1) is 57.4. The lowest BCUT2D eigenvalue weighted by Crippen LogP contribution is -2.22. The number of rotatable bonds is 55. The smallest absolute Gasteiger partial charge is 0.0701 e. The summed E-state index contributed by atoms with van der Waals surface area (Å²) in [6.07, 6.45) is 22.5. The highest BCUT2D eigenvalue weighted by molar-refractivity contribution is 4.52. The largest absolute Gasteiger partial charge is 0.394 e. The minimum Gasteiger partial charge on any atom is -0.394 e. The van der Waals surface area contributed by atoms with Crippen molar-refractivity contribution in [2.45, 2.75) is 110 Å². The first-order valence-electron chi connectivity index (χ1n) is 23.2. The number of aliphatic hydroxyl groups is 1. The van der Waals surface area contributed by atoms with E-state index in [9.17, 15) is 0 Å². The van der Waals surface area contributed by atoms with Crippen LogP contribution < -0.4 is 5.32 Å². The van der Waals surface area contributed by atoms with Gasteiger partial charge in [-0.2, -0.15) is 0 Å². The lowest BCUT2D eigenvalue weighted by Gasteiger charge is -2.09. The highest BCUT2D eigenvalue weighted by Gasteiger charge is 1.98. The van der Waals surface area contributed by atoms with Gasteiger partial charge in [0, 0.05) is 6.54 Å². The van der Waals surface area contributed by atoms with Crippen LogP contribution in [-0.2, 0) is 56.8 Å². The Kier molecular flexibility index (Phi) is 55.9. The fourth-order valence-electron chi connectivity index (χ4n) is 5.65. The zero-order chi connectivity index (χ0) is 41.6. The molecular weight excluding hydrogens is 750 g/mol. The van der Waals surface area contributed by atoms with E-state index in [0.717, 1.165) is 19.7 Å². The molecule has 0 atom stereocenters. The number of hydrogen-bond donors (Lipinski definition) is 2. The highest BCUT2D eigenvalue weighted by Crippen LogP contribution is 2.13. The lowest BCUT2D eigenvalue weighted by atomic mass is 10.0. The summed E-state index contributed by atoms with van der Waals surface area (Å²) in [5, 5.41) is 12.1. The predicted molar refractivity (Wildman–Crippen MR) is 229 cm³/mol. The van der Waals surface area contributed by atoms with Crippen LogP contribution in [-0.4, -0.2) is 183 Å². The molecule has 58 heavy (non-hydrogen) atoms. The van der Waals surface area contributed by atoms with Gasteiger partial charge in [0.1, 0.15) is 0 Å². The van der Waals surface area contributed by atoms with Gasteiger partial charge in [-0.15, -0.1) is 0 Å². The number of hydrogen-bond acceptors (Lipinski definition) is 14.